The summed E-state index contributed by atoms with van der Waals surface area (Å²) in [6, 6.07) is 5.57. The molecule has 0 aliphatic heterocycles. The molecule has 1 unspecified atom stereocenters. The van der Waals surface area contributed by atoms with Gasteiger partial charge in [-0.15, -0.1) is 12.4 Å². The predicted octanol–water partition coefficient (Wildman–Crippen LogP) is 2.17. The van der Waals surface area contributed by atoms with Crippen LogP contribution in [0.3, 0.4) is 0 Å². The number of hydrogen-bond donors (Lipinski definition) is 2. The van der Waals surface area contributed by atoms with Crippen LogP contribution in [0.4, 0.5) is 0 Å². The molecule has 1 rings (SSSR count). The Morgan fingerprint density at radius 2 is 2.15 bits per heavy atom. The van der Waals surface area contributed by atoms with E-state index in [0.29, 0.717) is 0 Å². The standard InChI is InChI=1S/C9H12BrNO.ClH/c1-6-4-7(9(11)5-12)2-3-8(6)10;/h2-4,9,12H,5,11H2,1H3;1H. The van der Waals surface area contributed by atoms with Gasteiger partial charge in [-0.25, -0.2) is 0 Å². The molecule has 0 aliphatic rings. The van der Waals surface area contributed by atoms with E-state index < -0.39 is 0 Å². The summed E-state index contributed by atoms with van der Waals surface area (Å²) in [5.41, 5.74) is 7.75. The van der Waals surface area contributed by atoms with Crippen molar-refractivity contribution in [3.8, 4) is 0 Å². The number of aliphatic hydroxyl groups excluding tert-OH is 1. The van der Waals surface area contributed by atoms with E-state index in [1.807, 2.05) is 25.1 Å². The van der Waals surface area contributed by atoms with E-state index in [-0.39, 0.29) is 25.1 Å². The van der Waals surface area contributed by atoms with Gasteiger partial charge in [-0.1, -0.05) is 28.1 Å². The van der Waals surface area contributed by atoms with E-state index in [1.165, 1.54) is 0 Å². The van der Waals surface area contributed by atoms with E-state index in [4.69, 9.17) is 10.8 Å². The molecule has 0 amide bonds. The Labute approximate surface area is 92.7 Å². The Morgan fingerprint density at radius 3 is 2.62 bits per heavy atom. The molecule has 4 heteroatoms. The van der Waals surface area contributed by atoms with Crippen molar-refractivity contribution in [1.29, 1.82) is 0 Å². The van der Waals surface area contributed by atoms with E-state index in [1.54, 1.807) is 0 Å². The average Bonchev–Trinajstić information content (AvgIpc) is 2.08. The number of rotatable bonds is 2. The van der Waals surface area contributed by atoms with Crippen molar-refractivity contribution in [1.82, 2.24) is 0 Å². The SMILES string of the molecule is Cc1cc(C(N)CO)ccc1Br.Cl. The van der Waals surface area contributed by atoms with Crippen LogP contribution in [0.5, 0.6) is 0 Å². The van der Waals surface area contributed by atoms with Gasteiger partial charge in [0.25, 0.3) is 0 Å². The third-order valence-corrected chi connectivity index (χ3v) is 2.70. The fourth-order valence-corrected chi connectivity index (χ4v) is 1.25. The maximum atomic E-state index is 8.81. The van der Waals surface area contributed by atoms with Gasteiger partial charge in [0.2, 0.25) is 0 Å². The van der Waals surface area contributed by atoms with Crippen LogP contribution < -0.4 is 5.73 Å². The van der Waals surface area contributed by atoms with Gasteiger partial charge in [0.15, 0.2) is 0 Å². The van der Waals surface area contributed by atoms with Gasteiger partial charge in [0.1, 0.15) is 0 Å². The fraction of sp³-hybridized carbons (Fsp3) is 0.333. The van der Waals surface area contributed by atoms with Gasteiger partial charge in [-0.05, 0) is 24.1 Å². The first kappa shape index (κ1) is 12.9. The fourth-order valence-electron chi connectivity index (χ4n) is 1.00. The number of hydrogen-bond acceptors (Lipinski definition) is 2. The molecule has 2 nitrogen and oxygen atoms in total. The topological polar surface area (TPSA) is 46.2 Å². The smallest absolute Gasteiger partial charge is 0.0624 e. The number of benzene rings is 1. The van der Waals surface area contributed by atoms with E-state index >= 15 is 0 Å². The molecule has 0 bridgehead atoms. The molecule has 0 aromatic heterocycles. The molecule has 0 aliphatic carbocycles. The second-order valence-corrected chi connectivity index (χ2v) is 3.65. The zero-order valence-corrected chi connectivity index (χ0v) is 9.73. The predicted molar refractivity (Wildman–Crippen MR) is 60.1 cm³/mol. The second-order valence-electron chi connectivity index (χ2n) is 2.80. The summed E-state index contributed by atoms with van der Waals surface area (Å²) < 4.78 is 1.07. The van der Waals surface area contributed by atoms with Gasteiger partial charge in [0, 0.05) is 4.47 Å². The minimum Gasteiger partial charge on any atom is -0.394 e. The Morgan fingerprint density at radius 1 is 1.54 bits per heavy atom. The van der Waals surface area contributed by atoms with Crippen LogP contribution in [0, 0.1) is 6.92 Å². The molecule has 0 spiro atoms. The number of aliphatic hydroxyl groups is 1. The summed E-state index contributed by atoms with van der Waals surface area (Å²) in [6.45, 7) is 1.98. The first-order valence-electron chi connectivity index (χ1n) is 3.77. The van der Waals surface area contributed by atoms with Crippen molar-refractivity contribution in [2.75, 3.05) is 6.61 Å². The summed E-state index contributed by atoms with van der Waals surface area (Å²) in [4.78, 5) is 0. The maximum absolute atomic E-state index is 8.81. The average molecular weight is 267 g/mol. The summed E-state index contributed by atoms with van der Waals surface area (Å²) in [5.74, 6) is 0. The third kappa shape index (κ3) is 3.27. The third-order valence-electron chi connectivity index (χ3n) is 1.81. The quantitative estimate of drug-likeness (QED) is 0.862. The van der Waals surface area contributed by atoms with Crippen LogP contribution in [0.15, 0.2) is 22.7 Å². The Hall–Kier alpha value is -0.0900. The summed E-state index contributed by atoms with van der Waals surface area (Å²) in [7, 11) is 0. The lowest BCUT2D eigenvalue weighted by atomic mass is 10.1. The van der Waals surface area contributed by atoms with E-state index in [9.17, 15) is 0 Å². The second kappa shape index (κ2) is 5.60. The highest BCUT2D eigenvalue weighted by Gasteiger charge is 2.04. The Bertz CT molecular complexity index is 280. The van der Waals surface area contributed by atoms with E-state index in [0.717, 1.165) is 15.6 Å². The Balaban J connectivity index is 0.00000144. The lowest BCUT2D eigenvalue weighted by Crippen LogP contribution is -2.14. The monoisotopic (exact) mass is 265 g/mol. The minimum atomic E-state index is -0.267. The van der Waals surface area contributed by atoms with Gasteiger partial charge in [-0.2, -0.15) is 0 Å². The molecule has 0 heterocycles. The van der Waals surface area contributed by atoms with Crippen LogP contribution in [-0.4, -0.2) is 11.7 Å². The van der Waals surface area contributed by atoms with Gasteiger partial charge >= 0.3 is 0 Å². The molecule has 0 fully saturated rings. The highest BCUT2D eigenvalue weighted by Crippen LogP contribution is 2.19. The summed E-state index contributed by atoms with van der Waals surface area (Å²) >= 11 is 3.40. The van der Waals surface area contributed by atoms with Crippen molar-refractivity contribution >= 4 is 28.3 Å². The van der Waals surface area contributed by atoms with Crippen LogP contribution >= 0.6 is 28.3 Å². The van der Waals surface area contributed by atoms with Gasteiger partial charge < -0.3 is 10.8 Å². The molecule has 0 radical (unpaired) electrons. The first-order valence-corrected chi connectivity index (χ1v) is 4.57. The highest BCUT2D eigenvalue weighted by molar-refractivity contribution is 9.10. The maximum Gasteiger partial charge on any atom is 0.0624 e. The molecule has 1 aromatic rings. The zero-order valence-electron chi connectivity index (χ0n) is 7.33. The lowest BCUT2D eigenvalue weighted by molar-refractivity contribution is 0.268. The van der Waals surface area contributed by atoms with Gasteiger partial charge in [-0.3, -0.25) is 0 Å². The molecule has 74 valence electrons. The van der Waals surface area contributed by atoms with Crippen LogP contribution in [0.25, 0.3) is 0 Å². The molecule has 1 atom stereocenters. The number of halogens is 2. The summed E-state index contributed by atoms with van der Waals surface area (Å²) in [6.07, 6.45) is 0. The number of aryl methyl sites for hydroxylation is 1. The zero-order chi connectivity index (χ0) is 9.14. The van der Waals surface area contributed by atoms with Crippen molar-refractivity contribution in [3.63, 3.8) is 0 Å². The number of nitrogens with two attached hydrogens (primary N) is 1. The van der Waals surface area contributed by atoms with Crippen LogP contribution in [0.2, 0.25) is 0 Å². The van der Waals surface area contributed by atoms with Crippen LogP contribution in [-0.2, 0) is 0 Å². The normalized spacial score (nSPS) is 12.0. The van der Waals surface area contributed by atoms with Crippen molar-refractivity contribution < 1.29 is 5.11 Å². The molecule has 0 saturated heterocycles. The van der Waals surface area contributed by atoms with Crippen molar-refractivity contribution in [2.24, 2.45) is 5.73 Å². The largest absolute Gasteiger partial charge is 0.394 e. The van der Waals surface area contributed by atoms with Crippen molar-refractivity contribution in [2.45, 2.75) is 13.0 Å². The van der Waals surface area contributed by atoms with Crippen LogP contribution in [0.1, 0.15) is 17.2 Å². The minimum absolute atomic E-state index is 0. The molecule has 1 aromatic carbocycles. The van der Waals surface area contributed by atoms with Gasteiger partial charge in [0.05, 0.1) is 12.6 Å². The molecular formula is C9H13BrClNO. The summed E-state index contributed by atoms with van der Waals surface area (Å²) in [5, 5.41) is 8.81. The van der Waals surface area contributed by atoms with E-state index in [2.05, 4.69) is 15.9 Å². The molecule has 3 N–H and O–H groups in total. The first-order chi connectivity index (χ1) is 5.65. The molecular weight excluding hydrogens is 253 g/mol. The lowest BCUT2D eigenvalue weighted by Gasteiger charge is -2.09. The Kier molecular flexibility index (Phi) is 5.56. The molecule has 0 saturated carbocycles. The molecule has 13 heavy (non-hydrogen) atoms. The van der Waals surface area contributed by atoms with Crippen molar-refractivity contribution in [3.05, 3.63) is 33.8 Å². The highest BCUT2D eigenvalue weighted by atomic mass is 79.9.